The van der Waals surface area contributed by atoms with Crippen molar-refractivity contribution in [2.24, 2.45) is 0 Å². The highest BCUT2D eigenvalue weighted by atomic mass is 79.9. The molecule has 0 saturated carbocycles. The number of aryl methyl sites for hydroxylation is 1. The average Bonchev–Trinajstić information content (AvgIpc) is 2.47. The predicted octanol–water partition coefficient (Wildman–Crippen LogP) is 1.71. The lowest BCUT2D eigenvalue weighted by Gasteiger charge is -2.10. The Kier molecular flexibility index (Phi) is 5.77. The molecule has 0 fully saturated rings. The summed E-state index contributed by atoms with van der Waals surface area (Å²) in [4.78, 5) is 20.2. The van der Waals surface area contributed by atoms with Crippen LogP contribution < -0.4 is 10.9 Å². The Balaban J connectivity index is 2.15. The third-order valence-corrected chi connectivity index (χ3v) is 4.65. The fraction of sp³-hybridized carbons (Fsp3) is 0.308. The van der Waals surface area contributed by atoms with E-state index in [0.717, 1.165) is 6.26 Å². The molecular formula is C13H14BrClN4O3S. The maximum absolute atomic E-state index is 12.3. The Morgan fingerprint density at radius 2 is 2.17 bits per heavy atom. The van der Waals surface area contributed by atoms with Crippen LogP contribution in [0.5, 0.6) is 0 Å². The predicted molar refractivity (Wildman–Crippen MR) is 92.5 cm³/mol. The molecule has 0 aliphatic rings. The van der Waals surface area contributed by atoms with Crippen molar-refractivity contribution < 1.29 is 8.42 Å². The zero-order valence-electron chi connectivity index (χ0n) is 12.2. The summed E-state index contributed by atoms with van der Waals surface area (Å²) in [6.45, 7) is 0.346. The number of nitrogens with zero attached hydrogens (tertiary/aromatic N) is 3. The fourth-order valence-corrected chi connectivity index (χ4v) is 2.80. The van der Waals surface area contributed by atoms with Crippen molar-refractivity contribution in [3.63, 3.8) is 0 Å². The van der Waals surface area contributed by atoms with E-state index >= 15 is 0 Å². The van der Waals surface area contributed by atoms with Gasteiger partial charge in [0.1, 0.15) is 15.7 Å². The first-order chi connectivity index (χ1) is 10.8. The van der Waals surface area contributed by atoms with E-state index in [-0.39, 0.29) is 29.7 Å². The molecule has 0 bridgehead atoms. The Bertz CT molecular complexity index is 870. The van der Waals surface area contributed by atoms with Gasteiger partial charge in [-0.15, -0.1) is 0 Å². The summed E-state index contributed by atoms with van der Waals surface area (Å²) in [6.07, 6.45) is 4.21. The Morgan fingerprint density at radius 1 is 1.43 bits per heavy atom. The lowest BCUT2D eigenvalue weighted by atomic mass is 10.2. The molecule has 0 aliphatic heterocycles. The molecule has 0 amide bonds. The Labute approximate surface area is 146 Å². The molecule has 2 aromatic rings. The van der Waals surface area contributed by atoms with E-state index in [0.29, 0.717) is 15.9 Å². The first-order valence-corrected chi connectivity index (χ1v) is 9.77. The van der Waals surface area contributed by atoms with E-state index in [4.69, 9.17) is 11.6 Å². The van der Waals surface area contributed by atoms with E-state index < -0.39 is 9.84 Å². The molecule has 124 valence electrons. The largest absolute Gasteiger partial charge is 0.365 e. The molecule has 0 unspecified atom stereocenters. The molecular weight excluding hydrogens is 408 g/mol. The smallest absolute Gasteiger partial charge is 0.255 e. The van der Waals surface area contributed by atoms with Gasteiger partial charge in [0.15, 0.2) is 0 Å². The van der Waals surface area contributed by atoms with Crippen molar-refractivity contribution in [2.75, 3.05) is 17.3 Å². The number of halogens is 2. The van der Waals surface area contributed by atoms with E-state index in [1.807, 2.05) is 0 Å². The first-order valence-electron chi connectivity index (χ1n) is 6.54. The number of hydrogen-bond acceptors (Lipinski definition) is 6. The van der Waals surface area contributed by atoms with Crippen LogP contribution in [0.3, 0.4) is 0 Å². The molecule has 0 spiro atoms. The second kappa shape index (κ2) is 7.41. The van der Waals surface area contributed by atoms with Gasteiger partial charge in [-0.2, -0.15) is 4.98 Å². The quantitative estimate of drug-likeness (QED) is 0.714. The molecule has 7 nitrogen and oxygen atoms in total. The summed E-state index contributed by atoms with van der Waals surface area (Å²) in [6, 6.07) is 3.37. The summed E-state index contributed by atoms with van der Waals surface area (Å²) < 4.78 is 24.4. The van der Waals surface area contributed by atoms with Gasteiger partial charge < -0.3 is 9.88 Å². The standard InChI is InChI=1S/C13H14BrClN4O3S/c1-23(21,22)6-5-19-4-2-3-9(12(19)20)7-16-11-10(14)8-17-13(15)18-11/h2-4,8H,5-7H2,1H3,(H,16,17,18). The van der Waals surface area contributed by atoms with Crippen molar-refractivity contribution in [3.05, 3.63) is 50.2 Å². The van der Waals surface area contributed by atoms with E-state index in [1.54, 1.807) is 18.3 Å². The molecule has 10 heteroatoms. The molecule has 0 radical (unpaired) electrons. The normalized spacial score (nSPS) is 11.4. The molecule has 2 aromatic heterocycles. The fourth-order valence-electron chi connectivity index (χ4n) is 1.81. The highest BCUT2D eigenvalue weighted by molar-refractivity contribution is 9.10. The molecule has 2 heterocycles. The van der Waals surface area contributed by atoms with Crippen LogP contribution in [-0.2, 0) is 22.9 Å². The summed E-state index contributed by atoms with van der Waals surface area (Å²) in [5.74, 6) is 0.382. The summed E-state index contributed by atoms with van der Waals surface area (Å²) in [7, 11) is -3.13. The van der Waals surface area contributed by atoms with E-state index in [1.165, 1.54) is 10.8 Å². The van der Waals surface area contributed by atoms with Crippen LogP contribution in [0, 0.1) is 0 Å². The molecule has 23 heavy (non-hydrogen) atoms. The van der Waals surface area contributed by atoms with E-state index in [9.17, 15) is 13.2 Å². The van der Waals surface area contributed by atoms with Crippen molar-refractivity contribution in [1.29, 1.82) is 0 Å². The maximum atomic E-state index is 12.3. The van der Waals surface area contributed by atoms with Gasteiger partial charge in [-0.25, -0.2) is 13.4 Å². The highest BCUT2D eigenvalue weighted by Gasteiger charge is 2.08. The number of nitrogens with one attached hydrogen (secondary N) is 1. The third-order valence-electron chi connectivity index (χ3n) is 2.96. The summed E-state index contributed by atoms with van der Waals surface area (Å²) in [5, 5.41) is 3.09. The molecule has 0 atom stereocenters. The lowest BCUT2D eigenvalue weighted by molar-refractivity contribution is 0.592. The minimum Gasteiger partial charge on any atom is -0.365 e. The first kappa shape index (κ1) is 17.9. The molecule has 0 saturated heterocycles. The van der Waals surface area contributed by atoms with Gasteiger partial charge in [0, 0.05) is 37.3 Å². The monoisotopic (exact) mass is 420 g/mol. The molecule has 2 rings (SSSR count). The number of rotatable bonds is 6. The van der Waals surface area contributed by atoms with Gasteiger partial charge in [-0.05, 0) is 33.6 Å². The van der Waals surface area contributed by atoms with Gasteiger partial charge in [0.25, 0.3) is 5.56 Å². The van der Waals surface area contributed by atoms with Gasteiger partial charge in [0.2, 0.25) is 5.28 Å². The van der Waals surface area contributed by atoms with E-state index in [2.05, 4.69) is 31.2 Å². The number of aromatic nitrogens is 3. The minimum absolute atomic E-state index is 0.0865. The van der Waals surface area contributed by atoms with Crippen LogP contribution >= 0.6 is 27.5 Å². The summed E-state index contributed by atoms with van der Waals surface area (Å²) >= 11 is 9.02. The van der Waals surface area contributed by atoms with Crippen molar-refractivity contribution in [3.8, 4) is 0 Å². The third kappa shape index (κ3) is 5.29. The van der Waals surface area contributed by atoms with Crippen LogP contribution in [0.4, 0.5) is 5.82 Å². The van der Waals surface area contributed by atoms with Crippen LogP contribution in [0.2, 0.25) is 5.28 Å². The van der Waals surface area contributed by atoms with Crippen molar-refractivity contribution in [1.82, 2.24) is 14.5 Å². The summed E-state index contributed by atoms with van der Waals surface area (Å²) in [5.41, 5.74) is 0.238. The number of anilines is 1. The lowest BCUT2D eigenvalue weighted by Crippen LogP contribution is -2.27. The molecule has 0 aromatic carbocycles. The zero-order chi connectivity index (χ0) is 17.0. The van der Waals surface area contributed by atoms with Crippen LogP contribution in [0.25, 0.3) is 0 Å². The van der Waals surface area contributed by atoms with Gasteiger partial charge in [-0.3, -0.25) is 4.79 Å². The zero-order valence-corrected chi connectivity index (χ0v) is 15.3. The number of pyridine rings is 1. The van der Waals surface area contributed by atoms with Crippen molar-refractivity contribution in [2.45, 2.75) is 13.1 Å². The average molecular weight is 422 g/mol. The second-order valence-corrected chi connectivity index (χ2v) is 8.30. The molecule has 0 aliphatic carbocycles. The number of sulfone groups is 1. The van der Waals surface area contributed by atoms with Crippen LogP contribution in [-0.4, -0.2) is 35.0 Å². The highest BCUT2D eigenvalue weighted by Crippen LogP contribution is 2.20. The van der Waals surface area contributed by atoms with Crippen LogP contribution in [0.1, 0.15) is 5.56 Å². The molecule has 1 N–H and O–H groups in total. The Hall–Kier alpha value is -1.45. The SMILES string of the molecule is CS(=O)(=O)CCn1cccc(CNc2nc(Cl)ncc2Br)c1=O. The van der Waals surface area contributed by atoms with Crippen molar-refractivity contribution >= 4 is 43.2 Å². The van der Waals surface area contributed by atoms with Gasteiger partial charge in [-0.1, -0.05) is 6.07 Å². The maximum Gasteiger partial charge on any atom is 0.255 e. The second-order valence-electron chi connectivity index (χ2n) is 4.85. The minimum atomic E-state index is -3.13. The van der Waals surface area contributed by atoms with Gasteiger partial charge >= 0.3 is 0 Å². The van der Waals surface area contributed by atoms with Gasteiger partial charge in [0.05, 0.1) is 10.2 Å². The number of hydrogen-bond donors (Lipinski definition) is 1. The Morgan fingerprint density at radius 3 is 2.87 bits per heavy atom. The topological polar surface area (TPSA) is 93.9 Å². The van der Waals surface area contributed by atoms with Crippen LogP contribution in [0.15, 0.2) is 33.8 Å².